The van der Waals surface area contributed by atoms with Crippen LogP contribution in [0.3, 0.4) is 0 Å². The molecule has 3 unspecified atom stereocenters. The number of nitrogens with zero attached hydrogens (tertiary/aromatic N) is 1. The lowest BCUT2D eigenvalue weighted by Crippen LogP contribution is -2.56. The van der Waals surface area contributed by atoms with Crippen LogP contribution in [0.15, 0.2) is 12.2 Å². The molecule has 3 amide bonds. The van der Waals surface area contributed by atoms with Crippen molar-refractivity contribution in [3.05, 3.63) is 12.2 Å². The molecule has 2 saturated carbocycles. The zero-order valence-corrected chi connectivity index (χ0v) is 18.8. The number of nitrogens with one attached hydrogen (secondary N) is 2. The first-order valence-corrected chi connectivity index (χ1v) is 12.5. The van der Waals surface area contributed by atoms with Crippen molar-refractivity contribution in [1.29, 1.82) is 0 Å². The molecule has 1 aliphatic heterocycles. The summed E-state index contributed by atoms with van der Waals surface area (Å²) >= 11 is 0. The molecule has 3 fully saturated rings. The van der Waals surface area contributed by atoms with Crippen molar-refractivity contribution in [3.63, 3.8) is 0 Å². The molecule has 2 aliphatic carbocycles. The van der Waals surface area contributed by atoms with Crippen LogP contribution in [0.5, 0.6) is 0 Å². The number of hydrogen-bond donors (Lipinski definition) is 2. The van der Waals surface area contributed by atoms with E-state index in [-0.39, 0.29) is 23.7 Å². The number of allylic oxidation sites excluding steroid dienone is 1. The molecule has 3 rings (SSSR count). The summed E-state index contributed by atoms with van der Waals surface area (Å²) < 4.78 is 26.7. The van der Waals surface area contributed by atoms with Crippen LogP contribution in [-0.4, -0.2) is 54.4 Å². The number of amides is 3. The van der Waals surface area contributed by atoms with Gasteiger partial charge in [-0.2, -0.15) is 0 Å². The molecule has 168 valence electrons. The second kappa shape index (κ2) is 8.69. The fraction of sp³-hybridized carbons (Fsp3) is 0.762. The van der Waals surface area contributed by atoms with Gasteiger partial charge in [-0.3, -0.25) is 19.1 Å². The lowest BCUT2D eigenvalue weighted by Gasteiger charge is -2.27. The third kappa shape index (κ3) is 4.87. The molecule has 0 bridgehead atoms. The Morgan fingerprint density at radius 3 is 2.50 bits per heavy atom. The summed E-state index contributed by atoms with van der Waals surface area (Å²) in [6.07, 6.45) is 7.66. The summed E-state index contributed by atoms with van der Waals surface area (Å²) in [4.78, 5) is 40.2. The fourth-order valence-electron chi connectivity index (χ4n) is 4.07. The molecule has 30 heavy (non-hydrogen) atoms. The first-order valence-electron chi connectivity index (χ1n) is 10.9. The van der Waals surface area contributed by atoms with Crippen molar-refractivity contribution in [3.8, 4) is 0 Å². The van der Waals surface area contributed by atoms with E-state index in [0.717, 1.165) is 12.8 Å². The van der Waals surface area contributed by atoms with Gasteiger partial charge in [-0.15, -0.1) is 0 Å². The summed E-state index contributed by atoms with van der Waals surface area (Å²) in [6.45, 7) is 6.40. The quantitative estimate of drug-likeness (QED) is 0.528. The molecule has 9 heteroatoms. The molecular weight excluding hydrogens is 406 g/mol. The Balaban J connectivity index is 1.73. The minimum absolute atomic E-state index is 0.0595. The lowest BCUT2D eigenvalue weighted by atomic mass is 10.1. The normalized spacial score (nSPS) is 28.7. The van der Waals surface area contributed by atoms with E-state index in [0.29, 0.717) is 38.6 Å². The topological polar surface area (TPSA) is 113 Å². The van der Waals surface area contributed by atoms with Crippen molar-refractivity contribution >= 4 is 27.7 Å². The van der Waals surface area contributed by atoms with Crippen molar-refractivity contribution in [2.24, 2.45) is 11.8 Å². The molecule has 0 spiro atoms. The maximum atomic E-state index is 13.1. The minimum Gasteiger partial charge on any atom is -0.339 e. The van der Waals surface area contributed by atoms with Gasteiger partial charge in [-0.1, -0.05) is 32.9 Å². The van der Waals surface area contributed by atoms with Gasteiger partial charge >= 0.3 is 0 Å². The zero-order chi connectivity index (χ0) is 22.1. The average molecular weight is 440 g/mol. The van der Waals surface area contributed by atoms with Crippen molar-refractivity contribution in [2.45, 2.75) is 82.5 Å². The largest absolute Gasteiger partial charge is 0.339 e. The Labute approximate surface area is 178 Å². The van der Waals surface area contributed by atoms with E-state index in [1.54, 1.807) is 4.90 Å². The monoisotopic (exact) mass is 439 g/mol. The Bertz CT molecular complexity index is 834. The van der Waals surface area contributed by atoms with Gasteiger partial charge in [0.15, 0.2) is 0 Å². The van der Waals surface area contributed by atoms with E-state index in [1.807, 2.05) is 32.9 Å². The summed E-state index contributed by atoms with van der Waals surface area (Å²) in [5.74, 6) is -1.17. The zero-order valence-electron chi connectivity index (χ0n) is 18.0. The van der Waals surface area contributed by atoms with Gasteiger partial charge in [-0.25, -0.2) is 8.42 Å². The molecule has 0 aromatic heterocycles. The van der Waals surface area contributed by atoms with Crippen LogP contribution >= 0.6 is 0 Å². The number of rotatable bonds is 9. The Morgan fingerprint density at radius 2 is 1.90 bits per heavy atom. The van der Waals surface area contributed by atoms with Crippen molar-refractivity contribution in [2.75, 3.05) is 6.54 Å². The molecule has 0 aromatic carbocycles. The third-order valence-corrected chi connectivity index (χ3v) is 7.85. The van der Waals surface area contributed by atoms with Gasteiger partial charge in [0.2, 0.25) is 21.8 Å². The molecule has 8 nitrogen and oxygen atoms in total. The minimum atomic E-state index is -3.71. The van der Waals surface area contributed by atoms with Crippen LogP contribution < -0.4 is 10.0 Å². The van der Waals surface area contributed by atoms with Crippen LogP contribution in [0.4, 0.5) is 0 Å². The van der Waals surface area contributed by atoms with Gasteiger partial charge in [0.1, 0.15) is 11.6 Å². The van der Waals surface area contributed by atoms with E-state index in [9.17, 15) is 22.8 Å². The molecule has 3 aliphatic rings. The average Bonchev–Trinajstić information content (AvgIpc) is 3.56. The number of carbonyl (C=O) groups is 3. The number of hydrogen-bond acceptors (Lipinski definition) is 5. The Morgan fingerprint density at radius 1 is 1.20 bits per heavy atom. The molecule has 3 atom stereocenters. The number of likely N-dealkylation sites (tertiary alicyclic amines) is 1. The highest BCUT2D eigenvalue weighted by Gasteiger charge is 2.61. The Hall–Kier alpha value is -1.90. The highest BCUT2D eigenvalue weighted by Crippen LogP contribution is 2.46. The summed E-state index contributed by atoms with van der Waals surface area (Å²) in [7, 11) is -3.71. The molecule has 2 N–H and O–H groups in total. The molecule has 1 saturated heterocycles. The second-order valence-corrected chi connectivity index (χ2v) is 11.1. The predicted octanol–water partition coefficient (Wildman–Crippen LogP) is 1.47. The molecule has 0 aromatic rings. The second-order valence-electron chi connectivity index (χ2n) is 9.13. The van der Waals surface area contributed by atoms with Gasteiger partial charge in [0, 0.05) is 18.9 Å². The summed E-state index contributed by atoms with van der Waals surface area (Å²) in [6, 6.07) is -0.614. The predicted molar refractivity (Wildman–Crippen MR) is 113 cm³/mol. The van der Waals surface area contributed by atoms with Gasteiger partial charge in [0.05, 0.1) is 5.25 Å². The fourth-order valence-corrected chi connectivity index (χ4v) is 5.44. The lowest BCUT2D eigenvalue weighted by molar-refractivity contribution is -0.140. The smallest absolute Gasteiger partial charge is 0.259 e. The van der Waals surface area contributed by atoms with Crippen molar-refractivity contribution in [1.82, 2.24) is 14.9 Å². The molecular formula is C21H33N3O5S. The van der Waals surface area contributed by atoms with E-state index < -0.39 is 32.8 Å². The number of sulfonamides is 1. The van der Waals surface area contributed by atoms with E-state index >= 15 is 0 Å². The van der Waals surface area contributed by atoms with Crippen LogP contribution in [0.2, 0.25) is 0 Å². The highest BCUT2D eigenvalue weighted by atomic mass is 32.2. The maximum Gasteiger partial charge on any atom is 0.259 e. The Kier molecular flexibility index (Phi) is 6.60. The van der Waals surface area contributed by atoms with E-state index in [1.165, 1.54) is 0 Å². The SMILES string of the molecule is CCC=CC1CC1(NC(=O)C1CCCN1C(=O)CC(C)C)C(=O)NS(=O)(=O)C1CC1. The van der Waals surface area contributed by atoms with Gasteiger partial charge < -0.3 is 10.2 Å². The van der Waals surface area contributed by atoms with Crippen molar-refractivity contribution < 1.29 is 22.8 Å². The first kappa shape index (κ1) is 22.8. The molecule has 1 heterocycles. The summed E-state index contributed by atoms with van der Waals surface area (Å²) in [5.41, 5.74) is -1.26. The van der Waals surface area contributed by atoms with Crippen LogP contribution in [0.25, 0.3) is 0 Å². The standard InChI is InChI=1S/C21H33N3O5S/c1-4-5-7-15-13-21(15,20(27)23-30(28,29)16-9-10-16)22-19(26)17-8-6-11-24(17)18(25)12-14(2)3/h5,7,14-17H,4,6,8-13H2,1-3H3,(H,22,26)(H,23,27). The summed E-state index contributed by atoms with van der Waals surface area (Å²) in [5, 5.41) is 2.31. The number of carbonyl (C=O) groups excluding carboxylic acids is 3. The van der Waals surface area contributed by atoms with Crippen LogP contribution in [0.1, 0.15) is 65.7 Å². The van der Waals surface area contributed by atoms with Gasteiger partial charge in [-0.05, 0) is 44.4 Å². The molecule has 0 radical (unpaired) electrons. The maximum absolute atomic E-state index is 13.1. The first-order chi connectivity index (χ1) is 14.1. The van der Waals surface area contributed by atoms with Gasteiger partial charge in [0.25, 0.3) is 5.91 Å². The van der Waals surface area contributed by atoms with Crippen LogP contribution in [-0.2, 0) is 24.4 Å². The van der Waals surface area contributed by atoms with E-state index in [4.69, 9.17) is 0 Å². The van der Waals surface area contributed by atoms with E-state index in [2.05, 4.69) is 10.0 Å². The van der Waals surface area contributed by atoms with Crippen LogP contribution in [0, 0.1) is 11.8 Å². The third-order valence-electron chi connectivity index (χ3n) is 6.03. The highest BCUT2D eigenvalue weighted by molar-refractivity contribution is 7.91.